The molecule has 0 saturated heterocycles. The Bertz CT molecular complexity index is 704. The smallest absolute Gasteiger partial charge is 0.349 e. The van der Waals surface area contributed by atoms with Crippen LogP contribution in [0, 0.1) is 0 Å². The molecule has 0 radical (unpaired) electrons. The maximum Gasteiger partial charge on any atom is 0.349 e. The topological polar surface area (TPSA) is 71.3 Å². The van der Waals surface area contributed by atoms with E-state index in [1.165, 1.54) is 12.8 Å². The molecular formula is C16H18N2O3. The molecule has 1 fully saturated rings. The Balaban J connectivity index is 1.60. The Hall–Kier alpha value is -2.14. The van der Waals surface area contributed by atoms with Crippen LogP contribution in [-0.2, 0) is 0 Å². The fourth-order valence-corrected chi connectivity index (χ4v) is 2.20. The van der Waals surface area contributed by atoms with E-state index in [1.54, 1.807) is 18.2 Å². The maximum atomic E-state index is 12.0. The van der Waals surface area contributed by atoms with Crippen molar-refractivity contribution in [3.8, 4) is 0 Å². The van der Waals surface area contributed by atoms with Crippen LogP contribution in [0.1, 0.15) is 29.6 Å². The molecule has 5 nitrogen and oxygen atoms in total. The van der Waals surface area contributed by atoms with Gasteiger partial charge in [-0.2, -0.15) is 0 Å². The molecule has 0 spiro atoms. The summed E-state index contributed by atoms with van der Waals surface area (Å²) in [5.41, 5.74) is -0.0427. The molecule has 1 amide bonds. The van der Waals surface area contributed by atoms with Gasteiger partial charge < -0.3 is 15.1 Å². The van der Waals surface area contributed by atoms with Gasteiger partial charge >= 0.3 is 5.63 Å². The molecule has 1 aliphatic carbocycles. The second-order valence-corrected chi connectivity index (χ2v) is 5.32. The summed E-state index contributed by atoms with van der Waals surface area (Å²) < 4.78 is 5.15. The van der Waals surface area contributed by atoms with E-state index in [4.69, 9.17) is 4.42 Å². The average molecular weight is 286 g/mol. The van der Waals surface area contributed by atoms with Gasteiger partial charge in [-0.25, -0.2) is 4.79 Å². The first-order valence-electron chi connectivity index (χ1n) is 7.28. The lowest BCUT2D eigenvalue weighted by atomic mass is 10.2. The van der Waals surface area contributed by atoms with Crippen molar-refractivity contribution in [2.24, 2.45) is 0 Å². The van der Waals surface area contributed by atoms with Gasteiger partial charge in [-0.05, 0) is 37.9 Å². The number of carbonyl (C=O) groups excluding carboxylic acids is 1. The number of nitrogens with one attached hydrogen (secondary N) is 2. The summed E-state index contributed by atoms with van der Waals surface area (Å²) in [6, 6.07) is 9.41. The van der Waals surface area contributed by atoms with Crippen LogP contribution in [0.3, 0.4) is 0 Å². The highest BCUT2D eigenvalue weighted by Gasteiger charge is 2.19. The summed E-state index contributed by atoms with van der Waals surface area (Å²) in [5.74, 6) is -0.374. The van der Waals surface area contributed by atoms with E-state index in [0.717, 1.165) is 18.4 Å². The average Bonchev–Trinajstić information content (AvgIpc) is 3.30. The maximum absolute atomic E-state index is 12.0. The number of fused-ring (bicyclic) bond motifs is 1. The lowest BCUT2D eigenvalue weighted by molar-refractivity contribution is 0.0949. The third kappa shape index (κ3) is 3.49. The van der Waals surface area contributed by atoms with E-state index >= 15 is 0 Å². The monoisotopic (exact) mass is 286 g/mol. The molecule has 1 saturated carbocycles. The van der Waals surface area contributed by atoms with Crippen LogP contribution in [0.15, 0.2) is 39.5 Å². The minimum absolute atomic E-state index is 0.0591. The predicted molar refractivity (Wildman–Crippen MR) is 80.5 cm³/mol. The SMILES string of the molecule is O=C(NCCCNC1CC1)c1cc2ccccc2oc1=O. The van der Waals surface area contributed by atoms with Gasteiger partial charge in [0.25, 0.3) is 5.91 Å². The summed E-state index contributed by atoms with van der Waals surface area (Å²) in [6.07, 6.45) is 3.36. The highest BCUT2D eigenvalue weighted by atomic mass is 16.4. The van der Waals surface area contributed by atoms with Crippen molar-refractivity contribution < 1.29 is 9.21 Å². The zero-order valence-corrected chi connectivity index (χ0v) is 11.7. The third-order valence-corrected chi connectivity index (χ3v) is 3.54. The first-order chi connectivity index (χ1) is 10.2. The summed E-state index contributed by atoms with van der Waals surface area (Å²) in [6.45, 7) is 1.43. The molecule has 2 aromatic rings. The van der Waals surface area contributed by atoms with Gasteiger partial charge in [-0.15, -0.1) is 0 Å². The summed E-state index contributed by atoms with van der Waals surface area (Å²) >= 11 is 0. The minimum Gasteiger partial charge on any atom is -0.422 e. The van der Waals surface area contributed by atoms with Crippen molar-refractivity contribution in [3.05, 3.63) is 46.3 Å². The fraction of sp³-hybridized carbons (Fsp3) is 0.375. The van der Waals surface area contributed by atoms with E-state index in [1.807, 2.05) is 12.1 Å². The standard InChI is InChI=1S/C16H18N2O3/c19-15(18-9-3-8-17-12-6-7-12)13-10-11-4-1-2-5-14(11)21-16(13)20/h1-2,4-5,10,12,17H,3,6-9H2,(H,18,19). The normalized spacial score (nSPS) is 14.3. The molecule has 0 unspecified atom stereocenters. The molecule has 21 heavy (non-hydrogen) atoms. The van der Waals surface area contributed by atoms with Crippen molar-refractivity contribution >= 4 is 16.9 Å². The van der Waals surface area contributed by atoms with E-state index in [-0.39, 0.29) is 11.5 Å². The van der Waals surface area contributed by atoms with Gasteiger partial charge in [-0.3, -0.25) is 4.79 Å². The molecule has 110 valence electrons. The molecule has 1 aliphatic rings. The Morgan fingerprint density at radius 3 is 2.86 bits per heavy atom. The zero-order valence-electron chi connectivity index (χ0n) is 11.7. The van der Waals surface area contributed by atoms with Crippen molar-refractivity contribution in [2.45, 2.75) is 25.3 Å². The van der Waals surface area contributed by atoms with E-state index in [2.05, 4.69) is 10.6 Å². The number of carbonyl (C=O) groups is 1. The lowest BCUT2D eigenvalue weighted by Crippen LogP contribution is -2.31. The number of para-hydroxylation sites is 1. The van der Waals surface area contributed by atoms with E-state index in [0.29, 0.717) is 18.2 Å². The quantitative estimate of drug-likeness (QED) is 0.626. The van der Waals surface area contributed by atoms with Crippen LogP contribution in [0.4, 0.5) is 0 Å². The first kappa shape index (κ1) is 13.8. The van der Waals surface area contributed by atoms with Gasteiger partial charge in [0.15, 0.2) is 0 Å². The lowest BCUT2D eigenvalue weighted by Gasteiger charge is -2.06. The molecule has 3 rings (SSSR count). The molecule has 0 bridgehead atoms. The van der Waals surface area contributed by atoms with Crippen molar-refractivity contribution in [1.29, 1.82) is 0 Å². The molecule has 1 aromatic heterocycles. The number of hydrogen-bond donors (Lipinski definition) is 2. The molecular weight excluding hydrogens is 268 g/mol. The summed E-state index contributed by atoms with van der Waals surface area (Å²) in [7, 11) is 0. The number of benzene rings is 1. The van der Waals surface area contributed by atoms with E-state index < -0.39 is 5.63 Å². The highest BCUT2D eigenvalue weighted by Crippen LogP contribution is 2.18. The number of rotatable bonds is 6. The van der Waals surface area contributed by atoms with Crippen molar-refractivity contribution in [1.82, 2.24) is 10.6 Å². The summed E-state index contributed by atoms with van der Waals surface area (Å²) in [4.78, 5) is 23.8. The molecule has 2 N–H and O–H groups in total. The summed E-state index contributed by atoms with van der Waals surface area (Å²) in [5, 5.41) is 6.88. The van der Waals surface area contributed by atoms with Gasteiger partial charge in [0.05, 0.1) is 0 Å². The Labute approximate surface area is 122 Å². The van der Waals surface area contributed by atoms with Gasteiger partial charge in [-0.1, -0.05) is 18.2 Å². The minimum atomic E-state index is -0.595. The van der Waals surface area contributed by atoms with Gasteiger partial charge in [0.2, 0.25) is 0 Å². The zero-order chi connectivity index (χ0) is 14.7. The van der Waals surface area contributed by atoms with Crippen LogP contribution in [0.5, 0.6) is 0 Å². The second kappa shape index (κ2) is 6.10. The van der Waals surface area contributed by atoms with E-state index in [9.17, 15) is 9.59 Å². The Kier molecular flexibility index (Phi) is 4.01. The first-order valence-corrected chi connectivity index (χ1v) is 7.28. The van der Waals surface area contributed by atoms with Crippen LogP contribution in [-0.4, -0.2) is 25.0 Å². The van der Waals surface area contributed by atoms with Gasteiger partial charge in [0.1, 0.15) is 11.1 Å². The third-order valence-electron chi connectivity index (χ3n) is 3.54. The van der Waals surface area contributed by atoms with Crippen molar-refractivity contribution in [2.75, 3.05) is 13.1 Å². The number of amides is 1. The van der Waals surface area contributed by atoms with Crippen LogP contribution >= 0.6 is 0 Å². The molecule has 5 heteroatoms. The molecule has 1 heterocycles. The largest absolute Gasteiger partial charge is 0.422 e. The highest BCUT2D eigenvalue weighted by molar-refractivity contribution is 5.96. The van der Waals surface area contributed by atoms with Crippen LogP contribution < -0.4 is 16.3 Å². The molecule has 0 atom stereocenters. The molecule has 0 aliphatic heterocycles. The van der Waals surface area contributed by atoms with Gasteiger partial charge in [0, 0.05) is 18.0 Å². The Morgan fingerprint density at radius 2 is 2.05 bits per heavy atom. The predicted octanol–water partition coefficient (Wildman–Crippen LogP) is 1.66. The van der Waals surface area contributed by atoms with Crippen LogP contribution in [0.25, 0.3) is 11.0 Å². The fourth-order valence-electron chi connectivity index (χ4n) is 2.20. The van der Waals surface area contributed by atoms with Crippen molar-refractivity contribution in [3.63, 3.8) is 0 Å². The Morgan fingerprint density at radius 1 is 1.24 bits per heavy atom. The molecule has 1 aromatic carbocycles. The second-order valence-electron chi connectivity index (χ2n) is 5.32. The number of hydrogen-bond acceptors (Lipinski definition) is 4. The van der Waals surface area contributed by atoms with Crippen LogP contribution in [0.2, 0.25) is 0 Å².